The van der Waals surface area contributed by atoms with Crippen molar-refractivity contribution < 1.29 is 14.6 Å². The van der Waals surface area contributed by atoms with Crippen LogP contribution in [0, 0.1) is 5.92 Å². The molecule has 116 valence electrons. The molecule has 5 heteroatoms. The third-order valence-corrected chi connectivity index (χ3v) is 4.00. The van der Waals surface area contributed by atoms with Crippen LogP contribution in [-0.4, -0.2) is 41.7 Å². The topological polar surface area (TPSA) is 75.8 Å². The number of ether oxygens (including phenoxy) is 1. The van der Waals surface area contributed by atoms with Gasteiger partial charge >= 0.3 is 0 Å². The highest BCUT2D eigenvalue weighted by Gasteiger charge is 2.19. The lowest BCUT2D eigenvalue weighted by atomic mass is 9.99. The Morgan fingerprint density at radius 1 is 1.43 bits per heavy atom. The average Bonchev–Trinajstić information content (AvgIpc) is 2.50. The number of aliphatic hydroxyl groups excluding tert-OH is 1. The van der Waals surface area contributed by atoms with E-state index in [0.29, 0.717) is 6.54 Å². The maximum absolute atomic E-state index is 10.8. The number of fused-ring (bicyclic) bond motifs is 1. The second-order valence-corrected chi connectivity index (χ2v) is 5.96. The molecule has 2 atom stereocenters. The Bertz CT molecular complexity index is 490. The minimum atomic E-state index is -0.674. The number of nitrogens with two attached hydrogens (primary N) is 1. The molecule has 1 aliphatic heterocycles. The Kier molecular flexibility index (Phi) is 5.20. The van der Waals surface area contributed by atoms with Crippen LogP contribution in [-0.2, 0) is 17.8 Å². The Labute approximate surface area is 125 Å². The molecule has 0 radical (unpaired) electrons. The number of rotatable bonds is 6. The maximum atomic E-state index is 10.8. The number of aliphatic hydroxyl groups is 1. The van der Waals surface area contributed by atoms with Gasteiger partial charge in [-0.25, -0.2) is 0 Å². The Morgan fingerprint density at radius 2 is 2.19 bits per heavy atom. The van der Waals surface area contributed by atoms with E-state index in [1.54, 1.807) is 4.90 Å². The van der Waals surface area contributed by atoms with Crippen LogP contribution in [0.15, 0.2) is 18.2 Å². The third kappa shape index (κ3) is 3.95. The van der Waals surface area contributed by atoms with Gasteiger partial charge in [-0.1, -0.05) is 19.9 Å². The van der Waals surface area contributed by atoms with Crippen LogP contribution >= 0.6 is 0 Å². The van der Waals surface area contributed by atoms with Gasteiger partial charge < -0.3 is 20.5 Å². The van der Waals surface area contributed by atoms with Gasteiger partial charge in [0.1, 0.15) is 18.5 Å². The first-order valence-corrected chi connectivity index (χ1v) is 7.39. The largest absolute Gasteiger partial charge is 0.491 e. The molecule has 1 heterocycles. The lowest BCUT2D eigenvalue weighted by molar-refractivity contribution is -0.118. The van der Waals surface area contributed by atoms with Crippen LogP contribution in [0.5, 0.6) is 5.75 Å². The minimum Gasteiger partial charge on any atom is -0.491 e. The quantitative estimate of drug-likeness (QED) is 0.765. The lowest BCUT2D eigenvalue weighted by Crippen LogP contribution is -2.42. The molecule has 2 unspecified atom stereocenters. The zero-order chi connectivity index (χ0) is 15.4. The summed E-state index contributed by atoms with van der Waals surface area (Å²) in [5.74, 6) is 0.949. The van der Waals surface area contributed by atoms with Gasteiger partial charge in [-0.2, -0.15) is 0 Å². The summed E-state index contributed by atoms with van der Waals surface area (Å²) in [7, 11) is 0. The standard InChI is InChI=1S/C16H24N2O3/c1-11(2)16(17)15(20)9-21-14-4-3-13-8-18(10-19)6-5-12(13)7-14/h3-4,7,10-11,15-16,20H,5-6,8-9,17H2,1-2H3. The van der Waals surface area contributed by atoms with E-state index in [-0.39, 0.29) is 18.6 Å². The summed E-state index contributed by atoms with van der Waals surface area (Å²) in [6.45, 7) is 5.54. The van der Waals surface area contributed by atoms with Gasteiger partial charge in [0.25, 0.3) is 0 Å². The molecule has 21 heavy (non-hydrogen) atoms. The molecule has 0 aromatic heterocycles. The van der Waals surface area contributed by atoms with Gasteiger partial charge in [-0.3, -0.25) is 4.79 Å². The molecule has 0 saturated heterocycles. The van der Waals surface area contributed by atoms with Gasteiger partial charge in [-0.05, 0) is 35.6 Å². The number of carbonyl (C=O) groups is 1. The van der Waals surface area contributed by atoms with Crippen molar-refractivity contribution in [3.05, 3.63) is 29.3 Å². The first kappa shape index (κ1) is 15.8. The van der Waals surface area contributed by atoms with Crippen LogP contribution in [0.4, 0.5) is 0 Å². The number of hydrogen-bond acceptors (Lipinski definition) is 4. The Balaban J connectivity index is 1.95. The normalized spacial score (nSPS) is 17.3. The number of nitrogens with zero attached hydrogens (tertiary/aromatic N) is 1. The van der Waals surface area contributed by atoms with Gasteiger partial charge in [0.15, 0.2) is 0 Å². The highest BCUT2D eigenvalue weighted by molar-refractivity contribution is 5.49. The van der Waals surface area contributed by atoms with Crippen LogP contribution in [0.3, 0.4) is 0 Å². The summed E-state index contributed by atoms with van der Waals surface area (Å²) >= 11 is 0. The smallest absolute Gasteiger partial charge is 0.210 e. The highest BCUT2D eigenvalue weighted by Crippen LogP contribution is 2.23. The Morgan fingerprint density at radius 3 is 2.86 bits per heavy atom. The molecule has 0 spiro atoms. The fourth-order valence-corrected chi connectivity index (χ4v) is 2.47. The molecule has 0 saturated carbocycles. The van der Waals surface area contributed by atoms with E-state index in [4.69, 9.17) is 10.5 Å². The fraction of sp³-hybridized carbons (Fsp3) is 0.562. The molecule has 2 rings (SSSR count). The predicted molar refractivity (Wildman–Crippen MR) is 80.9 cm³/mol. The van der Waals surface area contributed by atoms with Crippen LogP contribution in [0.25, 0.3) is 0 Å². The molecule has 3 N–H and O–H groups in total. The van der Waals surface area contributed by atoms with Gasteiger partial charge in [0, 0.05) is 19.1 Å². The predicted octanol–water partition coefficient (Wildman–Crippen LogP) is 0.924. The molecule has 0 fully saturated rings. The van der Waals surface area contributed by atoms with Crippen molar-refractivity contribution in [1.29, 1.82) is 0 Å². The summed E-state index contributed by atoms with van der Waals surface area (Å²) in [5.41, 5.74) is 8.25. The highest BCUT2D eigenvalue weighted by atomic mass is 16.5. The van der Waals surface area contributed by atoms with Gasteiger partial charge in [-0.15, -0.1) is 0 Å². The summed E-state index contributed by atoms with van der Waals surface area (Å²) in [5, 5.41) is 9.96. The van der Waals surface area contributed by atoms with Crippen molar-refractivity contribution in [3.63, 3.8) is 0 Å². The van der Waals surface area contributed by atoms with Crippen molar-refractivity contribution >= 4 is 6.41 Å². The zero-order valence-electron chi connectivity index (χ0n) is 12.7. The number of hydrogen-bond donors (Lipinski definition) is 2. The first-order valence-electron chi connectivity index (χ1n) is 7.39. The third-order valence-electron chi connectivity index (χ3n) is 4.00. The monoisotopic (exact) mass is 292 g/mol. The van der Waals surface area contributed by atoms with Crippen molar-refractivity contribution in [2.45, 2.75) is 39.0 Å². The number of carbonyl (C=O) groups excluding carboxylic acids is 1. The summed E-state index contributed by atoms with van der Waals surface area (Å²) in [6.07, 6.45) is 1.04. The van der Waals surface area contributed by atoms with Gasteiger partial charge in [0.2, 0.25) is 6.41 Å². The van der Waals surface area contributed by atoms with Crippen molar-refractivity contribution in [1.82, 2.24) is 4.90 Å². The summed E-state index contributed by atoms with van der Waals surface area (Å²) in [4.78, 5) is 12.6. The maximum Gasteiger partial charge on any atom is 0.210 e. The molecule has 0 aliphatic carbocycles. The van der Waals surface area contributed by atoms with E-state index in [1.807, 2.05) is 32.0 Å². The van der Waals surface area contributed by atoms with E-state index in [9.17, 15) is 9.90 Å². The molecule has 0 bridgehead atoms. The van der Waals surface area contributed by atoms with E-state index in [2.05, 4.69) is 0 Å². The molecule has 1 amide bonds. The van der Waals surface area contributed by atoms with E-state index in [0.717, 1.165) is 30.7 Å². The fourth-order valence-electron chi connectivity index (χ4n) is 2.47. The zero-order valence-corrected chi connectivity index (χ0v) is 12.7. The first-order chi connectivity index (χ1) is 10.0. The van der Waals surface area contributed by atoms with Crippen LogP contribution in [0.1, 0.15) is 25.0 Å². The van der Waals surface area contributed by atoms with Crippen molar-refractivity contribution in [2.75, 3.05) is 13.2 Å². The molecular weight excluding hydrogens is 268 g/mol. The number of benzene rings is 1. The summed E-state index contributed by atoms with van der Waals surface area (Å²) in [6, 6.07) is 5.56. The van der Waals surface area contributed by atoms with E-state index in [1.165, 1.54) is 5.56 Å². The SMILES string of the molecule is CC(C)C(N)C(O)COc1ccc2c(c1)CCN(C=O)C2. The summed E-state index contributed by atoms with van der Waals surface area (Å²) < 4.78 is 5.65. The van der Waals surface area contributed by atoms with Gasteiger partial charge in [0.05, 0.1) is 0 Å². The van der Waals surface area contributed by atoms with Crippen LogP contribution in [0.2, 0.25) is 0 Å². The molecule has 1 aromatic rings. The molecular formula is C16H24N2O3. The van der Waals surface area contributed by atoms with E-state index >= 15 is 0 Å². The van der Waals surface area contributed by atoms with Crippen molar-refractivity contribution in [3.8, 4) is 5.75 Å². The van der Waals surface area contributed by atoms with E-state index < -0.39 is 6.10 Å². The molecule has 1 aliphatic rings. The van der Waals surface area contributed by atoms with Crippen molar-refractivity contribution in [2.24, 2.45) is 11.7 Å². The number of amides is 1. The second-order valence-electron chi connectivity index (χ2n) is 5.96. The lowest BCUT2D eigenvalue weighted by Gasteiger charge is -2.26. The minimum absolute atomic E-state index is 0.193. The second kappa shape index (κ2) is 6.91. The molecule has 5 nitrogen and oxygen atoms in total. The molecule has 1 aromatic carbocycles. The Hall–Kier alpha value is -1.59. The average molecular weight is 292 g/mol. The van der Waals surface area contributed by atoms with Crippen LogP contribution < -0.4 is 10.5 Å².